The average molecular weight is 157 g/mol. The molecule has 0 amide bonds. The van der Waals surface area contributed by atoms with E-state index >= 15 is 0 Å². The van der Waals surface area contributed by atoms with Crippen LogP contribution in [0.5, 0.6) is 0 Å². The summed E-state index contributed by atoms with van der Waals surface area (Å²) in [5, 5.41) is 0. The maximum atomic E-state index is 3.67. The highest BCUT2D eigenvalue weighted by molar-refractivity contribution is 4.67. The standard InChI is InChI=1S/C8H17N.C2H6/c1-4-6-8-9(3)7-5-2;1-2/h4H,1,5-8H2,2-3H3;1-2H3. The van der Waals surface area contributed by atoms with Crippen LogP contribution in [0.25, 0.3) is 0 Å². The molecule has 0 atom stereocenters. The molecule has 0 N–H and O–H groups in total. The molecule has 0 saturated carbocycles. The van der Waals surface area contributed by atoms with Gasteiger partial charge in [-0.15, -0.1) is 6.58 Å². The van der Waals surface area contributed by atoms with Crippen molar-refractivity contribution < 1.29 is 0 Å². The van der Waals surface area contributed by atoms with Gasteiger partial charge in [-0.1, -0.05) is 26.8 Å². The van der Waals surface area contributed by atoms with Crippen molar-refractivity contribution in [3.63, 3.8) is 0 Å². The Balaban J connectivity index is 0. The molecular formula is C10H23N. The third-order valence-corrected chi connectivity index (χ3v) is 1.32. The zero-order chi connectivity index (χ0) is 9.11. The van der Waals surface area contributed by atoms with Crippen LogP contribution in [0.15, 0.2) is 12.7 Å². The lowest BCUT2D eigenvalue weighted by Crippen LogP contribution is -2.19. The van der Waals surface area contributed by atoms with Gasteiger partial charge < -0.3 is 4.90 Å². The summed E-state index contributed by atoms with van der Waals surface area (Å²) in [6.07, 6.45) is 4.32. The van der Waals surface area contributed by atoms with Crippen LogP contribution in [0.2, 0.25) is 0 Å². The van der Waals surface area contributed by atoms with E-state index in [1.807, 2.05) is 19.9 Å². The Bertz CT molecular complexity index is 69.3. The summed E-state index contributed by atoms with van der Waals surface area (Å²) in [6.45, 7) is 12.2. The van der Waals surface area contributed by atoms with Crippen molar-refractivity contribution in [2.75, 3.05) is 20.1 Å². The van der Waals surface area contributed by atoms with Gasteiger partial charge >= 0.3 is 0 Å². The molecular weight excluding hydrogens is 134 g/mol. The summed E-state index contributed by atoms with van der Waals surface area (Å²) in [6, 6.07) is 0. The van der Waals surface area contributed by atoms with Crippen LogP contribution in [0.3, 0.4) is 0 Å². The van der Waals surface area contributed by atoms with Crippen molar-refractivity contribution in [1.82, 2.24) is 4.90 Å². The van der Waals surface area contributed by atoms with E-state index in [1.54, 1.807) is 0 Å². The molecule has 68 valence electrons. The van der Waals surface area contributed by atoms with Crippen LogP contribution in [-0.2, 0) is 0 Å². The maximum Gasteiger partial charge on any atom is 0.00127 e. The molecule has 0 aliphatic rings. The minimum absolute atomic E-state index is 1.11. The summed E-state index contributed by atoms with van der Waals surface area (Å²) in [5.74, 6) is 0. The Labute approximate surface area is 72.1 Å². The third kappa shape index (κ3) is 12.8. The lowest BCUT2D eigenvalue weighted by molar-refractivity contribution is 0.341. The summed E-state index contributed by atoms with van der Waals surface area (Å²) >= 11 is 0. The van der Waals surface area contributed by atoms with E-state index in [0.29, 0.717) is 0 Å². The molecule has 0 aliphatic carbocycles. The van der Waals surface area contributed by atoms with E-state index in [0.717, 1.165) is 13.0 Å². The molecule has 1 heteroatoms. The van der Waals surface area contributed by atoms with Gasteiger partial charge in [0.15, 0.2) is 0 Å². The predicted molar refractivity (Wildman–Crippen MR) is 54.0 cm³/mol. The van der Waals surface area contributed by atoms with Crippen molar-refractivity contribution in [3.05, 3.63) is 12.7 Å². The smallest absolute Gasteiger partial charge is 0.00127 e. The molecule has 0 aliphatic heterocycles. The molecule has 11 heavy (non-hydrogen) atoms. The van der Waals surface area contributed by atoms with E-state index in [2.05, 4.69) is 25.5 Å². The number of hydrogen-bond acceptors (Lipinski definition) is 1. The fraction of sp³-hybridized carbons (Fsp3) is 0.800. The summed E-state index contributed by atoms with van der Waals surface area (Å²) in [4.78, 5) is 2.32. The predicted octanol–water partition coefficient (Wildman–Crippen LogP) is 2.93. The molecule has 0 bridgehead atoms. The lowest BCUT2D eigenvalue weighted by atomic mass is 10.3. The van der Waals surface area contributed by atoms with Crippen molar-refractivity contribution in [1.29, 1.82) is 0 Å². The molecule has 0 aromatic rings. The van der Waals surface area contributed by atoms with E-state index in [4.69, 9.17) is 0 Å². The van der Waals surface area contributed by atoms with E-state index in [-0.39, 0.29) is 0 Å². The molecule has 0 heterocycles. The highest BCUT2D eigenvalue weighted by Gasteiger charge is 1.91. The Morgan fingerprint density at radius 1 is 1.27 bits per heavy atom. The van der Waals surface area contributed by atoms with Crippen LogP contribution in [0.1, 0.15) is 33.6 Å². The molecule has 0 radical (unpaired) electrons. The largest absolute Gasteiger partial charge is 0.306 e. The SMILES string of the molecule is C=CCCN(C)CCC.CC. The fourth-order valence-corrected chi connectivity index (χ4v) is 0.805. The van der Waals surface area contributed by atoms with E-state index in [9.17, 15) is 0 Å². The van der Waals surface area contributed by atoms with Crippen LogP contribution < -0.4 is 0 Å². The first kappa shape index (κ1) is 13.3. The maximum absolute atomic E-state index is 3.67. The zero-order valence-electron chi connectivity index (χ0n) is 8.56. The van der Waals surface area contributed by atoms with Crippen molar-refractivity contribution in [2.24, 2.45) is 0 Å². The molecule has 0 aromatic heterocycles. The molecule has 0 aromatic carbocycles. The molecule has 0 spiro atoms. The van der Waals surface area contributed by atoms with Crippen LogP contribution in [0.4, 0.5) is 0 Å². The van der Waals surface area contributed by atoms with Gasteiger partial charge in [0.05, 0.1) is 0 Å². The summed E-state index contributed by atoms with van der Waals surface area (Å²) in [7, 11) is 2.15. The van der Waals surface area contributed by atoms with E-state index in [1.165, 1.54) is 13.0 Å². The van der Waals surface area contributed by atoms with Gasteiger partial charge in [-0.3, -0.25) is 0 Å². The first-order chi connectivity index (χ1) is 5.31. The van der Waals surface area contributed by atoms with Gasteiger partial charge in [-0.05, 0) is 26.4 Å². The average Bonchev–Trinajstić information content (AvgIpc) is 2.05. The minimum atomic E-state index is 1.11. The Morgan fingerprint density at radius 3 is 2.18 bits per heavy atom. The highest BCUT2D eigenvalue weighted by Crippen LogP contribution is 1.88. The third-order valence-electron chi connectivity index (χ3n) is 1.32. The van der Waals surface area contributed by atoms with Gasteiger partial charge in [0, 0.05) is 6.54 Å². The lowest BCUT2D eigenvalue weighted by Gasteiger charge is -2.12. The van der Waals surface area contributed by atoms with Gasteiger partial charge in [-0.25, -0.2) is 0 Å². The first-order valence-electron chi connectivity index (χ1n) is 4.60. The van der Waals surface area contributed by atoms with E-state index < -0.39 is 0 Å². The van der Waals surface area contributed by atoms with Gasteiger partial charge in [0.1, 0.15) is 0 Å². The Kier molecular flexibility index (Phi) is 15.0. The topological polar surface area (TPSA) is 3.24 Å². The number of hydrogen-bond donors (Lipinski definition) is 0. The summed E-state index contributed by atoms with van der Waals surface area (Å²) in [5.41, 5.74) is 0. The fourth-order valence-electron chi connectivity index (χ4n) is 0.805. The van der Waals surface area contributed by atoms with Gasteiger partial charge in [0.2, 0.25) is 0 Å². The quantitative estimate of drug-likeness (QED) is 0.555. The monoisotopic (exact) mass is 157 g/mol. The molecule has 0 rings (SSSR count). The zero-order valence-corrected chi connectivity index (χ0v) is 8.56. The van der Waals surface area contributed by atoms with Gasteiger partial charge in [0.25, 0.3) is 0 Å². The van der Waals surface area contributed by atoms with Crippen LogP contribution in [0, 0.1) is 0 Å². The minimum Gasteiger partial charge on any atom is -0.306 e. The van der Waals surface area contributed by atoms with Crippen molar-refractivity contribution in [3.8, 4) is 0 Å². The van der Waals surface area contributed by atoms with Crippen molar-refractivity contribution >= 4 is 0 Å². The second kappa shape index (κ2) is 12.4. The summed E-state index contributed by atoms with van der Waals surface area (Å²) < 4.78 is 0. The Hall–Kier alpha value is -0.300. The molecule has 0 saturated heterocycles. The molecule has 1 nitrogen and oxygen atoms in total. The van der Waals surface area contributed by atoms with Crippen molar-refractivity contribution in [2.45, 2.75) is 33.6 Å². The number of rotatable bonds is 5. The second-order valence-corrected chi connectivity index (χ2v) is 2.38. The first-order valence-corrected chi connectivity index (χ1v) is 4.60. The Morgan fingerprint density at radius 2 is 1.82 bits per heavy atom. The van der Waals surface area contributed by atoms with Gasteiger partial charge in [-0.2, -0.15) is 0 Å². The normalized spacial score (nSPS) is 8.82. The van der Waals surface area contributed by atoms with Crippen LogP contribution in [-0.4, -0.2) is 25.0 Å². The van der Waals surface area contributed by atoms with Crippen LogP contribution >= 0.6 is 0 Å². The molecule has 0 unspecified atom stereocenters. The second-order valence-electron chi connectivity index (χ2n) is 2.38. The number of nitrogens with zero attached hydrogens (tertiary/aromatic N) is 1. The highest BCUT2D eigenvalue weighted by atomic mass is 15.1. The molecule has 0 fully saturated rings.